The van der Waals surface area contributed by atoms with E-state index < -0.39 is 35.9 Å². The molecule has 0 bridgehead atoms. The number of amides is 1. The maximum absolute atomic E-state index is 13.9. The van der Waals surface area contributed by atoms with Gasteiger partial charge in [-0.25, -0.2) is 4.39 Å². The van der Waals surface area contributed by atoms with E-state index >= 15 is 0 Å². The number of aryl methyl sites for hydroxylation is 2. The van der Waals surface area contributed by atoms with Gasteiger partial charge in [0.15, 0.2) is 0 Å². The molecule has 0 aliphatic carbocycles. The molecule has 0 unspecified atom stereocenters. The van der Waals surface area contributed by atoms with Gasteiger partial charge in [0.2, 0.25) is 0 Å². The Labute approximate surface area is 187 Å². The number of anilines is 1. The van der Waals surface area contributed by atoms with Gasteiger partial charge in [0.25, 0.3) is 0 Å². The summed E-state index contributed by atoms with van der Waals surface area (Å²) < 4.78 is 31.5. The Balaban J connectivity index is 1.74. The van der Waals surface area contributed by atoms with Gasteiger partial charge in [-0.05, 0) is 0 Å². The first-order valence-electron chi connectivity index (χ1n) is 10.3. The molecular formula is C23H24F2N4O2Sn. The summed E-state index contributed by atoms with van der Waals surface area (Å²) in [5.41, 5.74) is 1.20. The summed E-state index contributed by atoms with van der Waals surface area (Å²) in [6.45, 7) is 0.123. The first-order chi connectivity index (χ1) is 15.1. The van der Waals surface area contributed by atoms with Gasteiger partial charge in [-0.15, -0.1) is 0 Å². The number of carbonyl (C=O) groups is 1. The van der Waals surface area contributed by atoms with Gasteiger partial charge < -0.3 is 0 Å². The molecule has 0 aliphatic rings. The molecule has 1 N–H and O–H groups in total. The number of hydrogen-bond donors (Lipinski definition) is 1. The second kappa shape index (κ2) is 8.31. The van der Waals surface area contributed by atoms with Gasteiger partial charge >= 0.3 is 184 Å². The van der Waals surface area contributed by atoms with E-state index in [1.54, 1.807) is 22.5 Å². The average Bonchev–Trinajstić information content (AvgIpc) is 3.11. The van der Waals surface area contributed by atoms with Crippen molar-refractivity contribution in [2.75, 3.05) is 5.32 Å². The molecule has 6 nitrogen and oxygen atoms in total. The van der Waals surface area contributed by atoms with Gasteiger partial charge in [-0.2, -0.15) is 0 Å². The van der Waals surface area contributed by atoms with Crippen molar-refractivity contribution in [1.82, 2.24) is 14.3 Å². The quantitative estimate of drug-likeness (QED) is 0.389. The second-order valence-electron chi connectivity index (χ2n) is 8.89. The molecule has 0 saturated heterocycles. The zero-order chi connectivity index (χ0) is 23.2. The molecule has 2 heterocycles. The van der Waals surface area contributed by atoms with Gasteiger partial charge in [-0.1, -0.05) is 0 Å². The zero-order valence-corrected chi connectivity index (χ0v) is 21.2. The summed E-state index contributed by atoms with van der Waals surface area (Å²) in [5.74, 6) is -2.03. The van der Waals surface area contributed by atoms with Crippen molar-refractivity contribution >= 4 is 55.4 Å². The fraction of sp³-hybridized carbons (Fsp3) is 0.261. The molecule has 0 aliphatic heterocycles. The Morgan fingerprint density at radius 1 is 1.09 bits per heavy atom. The number of carbonyl (C=O) groups excluding carboxylic acids is 1. The van der Waals surface area contributed by atoms with E-state index in [0.717, 1.165) is 22.5 Å². The summed E-state index contributed by atoms with van der Waals surface area (Å²) in [6, 6.07) is 9.19. The number of nitrogens with one attached hydrogen (secondary N) is 1. The van der Waals surface area contributed by atoms with Gasteiger partial charge in [0.1, 0.15) is 0 Å². The Bertz CT molecular complexity index is 1420. The minimum atomic E-state index is -2.43. The third-order valence-corrected chi connectivity index (χ3v) is 11.4. The Kier molecular flexibility index (Phi) is 5.83. The molecule has 2 aromatic carbocycles. The monoisotopic (exact) mass is 546 g/mol. The van der Waals surface area contributed by atoms with Gasteiger partial charge in [0, 0.05) is 0 Å². The van der Waals surface area contributed by atoms with Crippen molar-refractivity contribution in [1.29, 1.82) is 0 Å². The van der Waals surface area contributed by atoms with Crippen molar-refractivity contribution in [2.45, 2.75) is 27.8 Å². The predicted molar refractivity (Wildman–Crippen MR) is 125 cm³/mol. The second-order valence-corrected chi connectivity index (χ2v) is 23.4. The van der Waals surface area contributed by atoms with E-state index in [1.165, 1.54) is 9.65 Å². The van der Waals surface area contributed by atoms with Crippen molar-refractivity contribution in [3.63, 3.8) is 0 Å². The topological polar surface area (TPSA) is 68.9 Å². The summed E-state index contributed by atoms with van der Waals surface area (Å²) in [7, 11) is 1.80. The van der Waals surface area contributed by atoms with E-state index in [0.29, 0.717) is 11.5 Å². The van der Waals surface area contributed by atoms with Crippen LogP contribution >= 0.6 is 0 Å². The first-order valence-corrected chi connectivity index (χ1v) is 20.3. The molecule has 0 atom stereocenters. The van der Waals surface area contributed by atoms with Crippen molar-refractivity contribution < 1.29 is 13.6 Å². The maximum atomic E-state index is 13.9. The van der Waals surface area contributed by atoms with Crippen LogP contribution in [0.25, 0.3) is 21.8 Å². The van der Waals surface area contributed by atoms with Gasteiger partial charge in [-0.3, -0.25) is 0 Å². The van der Waals surface area contributed by atoms with Crippen LogP contribution in [-0.4, -0.2) is 38.6 Å². The van der Waals surface area contributed by atoms with E-state index in [4.69, 9.17) is 0 Å². The average molecular weight is 545 g/mol. The van der Waals surface area contributed by atoms with Crippen LogP contribution in [0.3, 0.4) is 0 Å². The van der Waals surface area contributed by atoms with Crippen molar-refractivity contribution in [3.8, 4) is 0 Å². The van der Waals surface area contributed by atoms with Crippen LogP contribution < -0.4 is 14.5 Å². The summed E-state index contributed by atoms with van der Waals surface area (Å²) in [4.78, 5) is 32.6. The third-order valence-electron chi connectivity index (χ3n) is 5.59. The number of rotatable bonds is 5. The van der Waals surface area contributed by atoms with Crippen LogP contribution in [0.1, 0.15) is 6.42 Å². The van der Waals surface area contributed by atoms with Crippen LogP contribution in [-0.2, 0) is 18.4 Å². The molecule has 4 rings (SSSR count). The van der Waals surface area contributed by atoms with E-state index in [9.17, 15) is 18.4 Å². The van der Waals surface area contributed by atoms with E-state index in [1.807, 2.05) is 6.07 Å². The minimum absolute atomic E-state index is 0.0411. The molecule has 2 aromatic heterocycles. The Morgan fingerprint density at radius 2 is 1.84 bits per heavy atom. The number of aromatic nitrogens is 3. The summed E-state index contributed by atoms with van der Waals surface area (Å²) in [6.07, 6.45) is 1.50. The fourth-order valence-electron chi connectivity index (χ4n) is 3.83. The van der Waals surface area contributed by atoms with Gasteiger partial charge in [0.05, 0.1) is 0 Å². The van der Waals surface area contributed by atoms with E-state index in [-0.39, 0.29) is 24.2 Å². The van der Waals surface area contributed by atoms with Crippen LogP contribution in [0.2, 0.25) is 14.8 Å². The predicted octanol–water partition coefficient (Wildman–Crippen LogP) is 3.74. The fourth-order valence-corrected chi connectivity index (χ4v) is 7.12. The molecule has 0 fully saturated rings. The number of benzene rings is 2. The number of pyridine rings is 1. The Hall–Kier alpha value is -2.75. The van der Waals surface area contributed by atoms with Crippen LogP contribution in [0.15, 0.2) is 47.4 Å². The molecule has 0 radical (unpaired) electrons. The standard InChI is InChI=1S/C20H15F2N4O2.3CH3.Sn/c1-25-19-13-4-2-3-5-17(13)26(20(28)14(19)11-23-25)9-8-18(27)24-16-7-6-12(21)10-15(16)22;;;;/h2,4-7,10-11H,8-9H2,1H3,(H,24,27);3*1H3;. The molecular weight excluding hydrogens is 521 g/mol. The normalized spacial score (nSPS) is 11.9. The summed E-state index contributed by atoms with van der Waals surface area (Å²) >= 11 is -2.43. The van der Waals surface area contributed by atoms with Crippen LogP contribution in [0.4, 0.5) is 14.5 Å². The number of halogens is 2. The number of nitrogens with zero attached hydrogens (tertiary/aromatic N) is 3. The van der Waals surface area contributed by atoms with Crippen molar-refractivity contribution in [2.24, 2.45) is 7.05 Å². The first kappa shape index (κ1) is 22.4. The van der Waals surface area contributed by atoms with E-state index in [2.05, 4.69) is 37.4 Å². The van der Waals surface area contributed by atoms with Crippen LogP contribution in [0.5, 0.6) is 0 Å². The molecule has 166 valence electrons. The third kappa shape index (κ3) is 4.15. The number of hydrogen-bond acceptors (Lipinski definition) is 3. The van der Waals surface area contributed by atoms with Crippen molar-refractivity contribution in [3.05, 3.63) is 64.6 Å². The molecule has 1 amide bonds. The Morgan fingerprint density at radius 3 is 2.53 bits per heavy atom. The SMILES string of the molecule is Cn1ncc2c(=O)n(CCC(=O)Nc3ccc(F)cc3F)c3c[c]([Sn]([CH3])([CH3])[CH3])ccc3c21. The molecule has 4 aromatic rings. The molecule has 0 spiro atoms. The van der Waals surface area contributed by atoms with Crippen LogP contribution in [0, 0.1) is 11.6 Å². The molecule has 0 saturated carbocycles. The number of fused-ring (bicyclic) bond motifs is 3. The zero-order valence-electron chi connectivity index (χ0n) is 18.4. The molecule has 32 heavy (non-hydrogen) atoms. The summed E-state index contributed by atoms with van der Waals surface area (Å²) in [5, 5.41) is 8.08. The molecule has 9 heteroatoms.